The second-order valence-electron chi connectivity index (χ2n) is 6.13. The number of hydrogen-bond acceptors (Lipinski definition) is 3. The van der Waals surface area contributed by atoms with Crippen LogP contribution in [-0.2, 0) is 0 Å². The summed E-state index contributed by atoms with van der Waals surface area (Å²) in [5.41, 5.74) is 6.39. The Hall–Kier alpha value is -1.38. The lowest BCUT2D eigenvalue weighted by Gasteiger charge is -2.15. The summed E-state index contributed by atoms with van der Waals surface area (Å²) in [5.74, 6) is 1.01. The Balaban J connectivity index is 0.00000529. The van der Waals surface area contributed by atoms with Crippen molar-refractivity contribution < 1.29 is 4.79 Å². The maximum atomic E-state index is 11.8. The first-order valence-corrected chi connectivity index (χ1v) is 8.23. The van der Waals surface area contributed by atoms with Gasteiger partial charge in [-0.2, -0.15) is 0 Å². The average molecular weight is 447 g/mol. The molecule has 0 saturated heterocycles. The van der Waals surface area contributed by atoms with Crippen molar-refractivity contribution in [2.45, 2.75) is 46.1 Å². The standard InChI is InChI=1S/C17H29N5O.HI/c1-13(2)6-4-7-14(3)22-17(18)21-11-10-20-16(23)15-8-5-9-19-12-15;/h5,8-9,12-14H,4,6-7,10-11H2,1-3H3,(H,20,23)(H3,18,21,22);1H. The Kier molecular flexibility index (Phi) is 12.2. The van der Waals surface area contributed by atoms with Crippen LogP contribution in [0.4, 0.5) is 0 Å². The first-order chi connectivity index (χ1) is 11.0. The molecule has 0 saturated carbocycles. The van der Waals surface area contributed by atoms with Gasteiger partial charge in [0.25, 0.3) is 5.91 Å². The van der Waals surface area contributed by atoms with Crippen LogP contribution < -0.4 is 16.4 Å². The molecule has 0 spiro atoms. The first-order valence-electron chi connectivity index (χ1n) is 8.23. The molecule has 0 bridgehead atoms. The molecule has 4 N–H and O–H groups in total. The van der Waals surface area contributed by atoms with Gasteiger partial charge in [-0.3, -0.25) is 14.8 Å². The summed E-state index contributed by atoms with van der Waals surface area (Å²) in [7, 11) is 0. The van der Waals surface area contributed by atoms with Crippen LogP contribution in [-0.4, -0.2) is 36.0 Å². The number of carbonyl (C=O) groups excluding carboxylic acids is 1. The molecule has 1 unspecified atom stereocenters. The average Bonchev–Trinajstić information content (AvgIpc) is 2.51. The number of carbonyl (C=O) groups is 1. The number of pyridine rings is 1. The molecule has 1 aromatic heterocycles. The monoisotopic (exact) mass is 447 g/mol. The normalized spacial score (nSPS) is 12.4. The van der Waals surface area contributed by atoms with Crippen molar-refractivity contribution in [2.75, 3.05) is 13.1 Å². The first kappa shape index (κ1) is 22.6. The molecule has 1 aromatic rings. The summed E-state index contributed by atoms with van der Waals surface area (Å²) >= 11 is 0. The third kappa shape index (κ3) is 10.4. The molecular formula is C17H30IN5O. The molecule has 1 rings (SSSR count). The lowest BCUT2D eigenvalue weighted by molar-refractivity contribution is 0.0954. The third-order valence-electron chi connectivity index (χ3n) is 3.42. The van der Waals surface area contributed by atoms with Crippen LogP contribution in [0.3, 0.4) is 0 Å². The fourth-order valence-corrected chi connectivity index (χ4v) is 2.15. The van der Waals surface area contributed by atoms with Gasteiger partial charge < -0.3 is 16.4 Å². The van der Waals surface area contributed by atoms with E-state index in [1.165, 1.54) is 19.0 Å². The zero-order valence-corrected chi connectivity index (χ0v) is 17.1. The van der Waals surface area contributed by atoms with E-state index in [9.17, 15) is 4.79 Å². The van der Waals surface area contributed by atoms with Crippen LogP contribution in [0.25, 0.3) is 0 Å². The number of nitrogens with zero attached hydrogens (tertiary/aromatic N) is 2. The summed E-state index contributed by atoms with van der Waals surface area (Å²) in [6.07, 6.45) is 6.65. The molecular weight excluding hydrogens is 417 g/mol. The Morgan fingerprint density at radius 1 is 1.33 bits per heavy atom. The van der Waals surface area contributed by atoms with E-state index in [2.05, 4.69) is 41.4 Å². The highest BCUT2D eigenvalue weighted by Gasteiger charge is 2.05. The lowest BCUT2D eigenvalue weighted by atomic mass is 10.0. The van der Waals surface area contributed by atoms with Crippen LogP contribution in [0.5, 0.6) is 0 Å². The molecule has 0 fully saturated rings. The Morgan fingerprint density at radius 2 is 2.08 bits per heavy atom. The number of halogens is 1. The Bertz CT molecular complexity index is 493. The van der Waals surface area contributed by atoms with Crippen LogP contribution in [0.2, 0.25) is 0 Å². The van der Waals surface area contributed by atoms with Gasteiger partial charge in [-0.05, 0) is 31.4 Å². The molecule has 7 heteroatoms. The largest absolute Gasteiger partial charge is 0.370 e. The molecule has 136 valence electrons. The second kappa shape index (κ2) is 13.0. The SMILES string of the molecule is CC(C)CCCC(C)NC(N)=NCCNC(=O)c1cccnc1.I. The second-order valence-corrected chi connectivity index (χ2v) is 6.13. The highest BCUT2D eigenvalue weighted by atomic mass is 127. The van der Waals surface area contributed by atoms with Crippen molar-refractivity contribution in [3.05, 3.63) is 30.1 Å². The zero-order valence-electron chi connectivity index (χ0n) is 14.8. The van der Waals surface area contributed by atoms with Crippen molar-refractivity contribution in [3.63, 3.8) is 0 Å². The molecule has 1 heterocycles. The highest BCUT2D eigenvalue weighted by molar-refractivity contribution is 14.0. The molecule has 0 aromatic carbocycles. The predicted octanol–water partition coefficient (Wildman–Crippen LogP) is 2.55. The Morgan fingerprint density at radius 3 is 2.71 bits per heavy atom. The number of hydrogen-bond donors (Lipinski definition) is 3. The van der Waals surface area contributed by atoms with Crippen LogP contribution in [0, 0.1) is 5.92 Å². The van der Waals surface area contributed by atoms with Crippen LogP contribution in [0.1, 0.15) is 50.4 Å². The van der Waals surface area contributed by atoms with E-state index in [-0.39, 0.29) is 29.9 Å². The van der Waals surface area contributed by atoms with Crippen molar-refractivity contribution in [2.24, 2.45) is 16.6 Å². The number of rotatable bonds is 9. The van der Waals surface area contributed by atoms with E-state index < -0.39 is 0 Å². The van der Waals surface area contributed by atoms with Crippen LogP contribution >= 0.6 is 24.0 Å². The highest BCUT2D eigenvalue weighted by Crippen LogP contribution is 2.07. The molecule has 1 atom stereocenters. The van der Waals surface area contributed by atoms with Gasteiger partial charge in [0.15, 0.2) is 5.96 Å². The van der Waals surface area contributed by atoms with Crippen LogP contribution in [0.15, 0.2) is 29.5 Å². The Labute approximate surface area is 162 Å². The van der Waals surface area contributed by atoms with E-state index in [0.717, 1.165) is 12.3 Å². The number of aliphatic imine (C=N–C) groups is 1. The third-order valence-corrected chi connectivity index (χ3v) is 3.42. The molecule has 1 amide bonds. The number of nitrogens with two attached hydrogens (primary N) is 1. The van der Waals surface area contributed by atoms with Crippen molar-refractivity contribution in [1.29, 1.82) is 0 Å². The van der Waals surface area contributed by atoms with E-state index in [1.54, 1.807) is 18.3 Å². The fourth-order valence-electron chi connectivity index (χ4n) is 2.15. The smallest absolute Gasteiger partial charge is 0.252 e. The van der Waals surface area contributed by atoms with Gasteiger partial charge in [0, 0.05) is 25.0 Å². The minimum absolute atomic E-state index is 0. The van der Waals surface area contributed by atoms with Gasteiger partial charge in [0.2, 0.25) is 0 Å². The van der Waals surface area contributed by atoms with E-state index >= 15 is 0 Å². The lowest BCUT2D eigenvalue weighted by Crippen LogP contribution is -2.39. The van der Waals surface area contributed by atoms with Gasteiger partial charge in [0.1, 0.15) is 0 Å². The molecule has 0 aliphatic heterocycles. The quantitative estimate of drug-likeness (QED) is 0.235. The number of nitrogens with one attached hydrogen (secondary N) is 2. The number of guanidine groups is 1. The van der Waals surface area contributed by atoms with Gasteiger partial charge >= 0.3 is 0 Å². The van der Waals surface area contributed by atoms with Crippen molar-refractivity contribution >= 4 is 35.8 Å². The van der Waals surface area contributed by atoms with Gasteiger partial charge in [0.05, 0.1) is 12.1 Å². The zero-order chi connectivity index (χ0) is 17.1. The maximum absolute atomic E-state index is 11.8. The van der Waals surface area contributed by atoms with E-state index in [1.807, 2.05) is 0 Å². The van der Waals surface area contributed by atoms with Gasteiger partial charge in [-0.25, -0.2) is 0 Å². The molecule has 0 radical (unpaired) electrons. The van der Waals surface area contributed by atoms with E-state index in [0.29, 0.717) is 30.7 Å². The number of amides is 1. The minimum Gasteiger partial charge on any atom is -0.370 e. The van der Waals surface area contributed by atoms with Crippen molar-refractivity contribution in [3.8, 4) is 0 Å². The molecule has 0 aliphatic carbocycles. The maximum Gasteiger partial charge on any atom is 0.252 e. The van der Waals surface area contributed by atoms with E-state index in [4.69, 9.17) is 5.73 Å². The molecule has 24 heavy (non-hydrogen) atoms. The summed E-state index contributed by atoms with van der Waals surface area (Å²) < 4.78 is 0. The molecule has 0 aliphatic rings. The minimum atomic E-state index is -0.151. The van der Waals surface area contributed by atoms with Crippen molar-refractivity contribution in [1.82, 2.24) is 15.6 Å². The van der Waals surface area contributed by atoms with Gasteiger partial charge in [-0.1, -0.05) is 26.7 Å². The summed E-state index contributed by atoms with van der Waals surface area (Å²) in [4.78, 5) is 19.9. The number of aromatic nitrogens is 1. The summed E-state index contributed by atoms with van der Waals surface area (Å²) in [6, 6.07) is 3.76. The summed E-state index contributed by atoms with van der Waals surface area (Å²) in [6.45, 7) is 7.45. The fraction of sp³-hybridized carbons (Fsp3) is 0.588. The molecule has 6 nitrogen and oxygen atoms in total. The van der Waals surface area contributed by atoms with Gasteiger partial charge in [-0.15, -0.1) is 24.0 Å². The summed E-state index contributed by atoms with van der Waals surface area (Å²) in [5, 5.41) is 5.96. The topological polar surface area (TPSA) is 92.4 Å². The predicted molar refractivity (Wildman–Crippen MR) is 110 cm³/mol.